The van der Waals surface area contributed by atoms with E-state index in [-0.39, 0.29) is 18.3 Å². The summed E-state index contributed by atoms with van der Waals surface area (Å²) in [5, 5.41) is 2.57. The predicted octanol–water partition coefficient (Wildman–Crippen LogP) is 0.236. The van der Waals surface area contributed by atoms with Gasteiger partial charge in [-0.1, -0.05) is 6.07 Å². The van der Waals surface area contributed by atoms with E-state index >= 15 is 0 Å². The first-order valence-corrected chi connectivity index (χ1v) is 6.22. The molecule has 1 aliphatic heterocycles. The molecule has 3 N–H and O–H groups in total. The zero-order chi connectivity index (χ0) is 13.8. The van der Waals surface area contributed by atoms with Crippen molar-refractivity contribution >= 4 is 11.6 Å². The van der Waals surface area contributed by atoms with E-state index in [1.54, 1.807) is 24.1 Å². The Morgan fingerprint density at radius 1 is 1.63 bits per heavy atom. The van der Waals surface area contributed by atoms with Gasteiger partial charge in [0, 0.05) is 20.1 Å². The standard InChI is InChI=1S/C13H18FN3O2/c1-16-13(18)12-8-19-5-4-17(12)11-3-2-9(7-15)6-10(11)14/h2-3,6,12H,4-5,7-8,15H2,1H3,(H,16,18). The van der Waals surface area contributed by atoms with E-state index in [1.807, 2.05) is 0 Å². The second-order valence-electron chi connectivity index (χ2n) is 4.39. The summed E-state index contributed by atoms with van der Waals surface area (Å²) in [5.41, 5.74) is 6.62. The summed E-state index contributed by atoms with van der Waals surface area (Å²) >= 11 is 0. The lowest BCUT2D eigenvalue weighted by molar-refractivity contribution is -0.124. The molecule has 1 aromatic rings. The molecule has 0 aliphatic carbocycles. The van der Waals surface area contributed by atoms with Crippen LogP contribution in [-0.2, 0) is 16.1 Å². The Hall–Kier alpha value is -1.66. The molecule has 5 nitrogen and oxygen atoms in total. The first-order chi connectivity index (χ1) is 9.17. The summed E-state index contributed by atoms with van der Waals surface area (Å²) in [6.45, 7) is 1.51. The molecule has 0 aromatic heterocycles. The number of rotatable bonds is 3. The third-order valence-corrected chi connectivity index (χ3v) is 3.23. The van der Waals surface area contributed by atoms with Crippen LogP contribution >= 0.6 is 0 Å². The van der Waals surface area contributed by atoms with Crippen LogP contribution in [0.3, 0.4) is 0 Å². The van der Waals surface area contributed by atoms with Gasteiger partial charge in [-0.3, -0.25) is 4.79 Å². The molecule has 6 heteroatoms. The van der Waals surface area contributed by atoms with E-state index in [4.69, 9.17) is 10.5 Å². The predicted molar refractivity (Wildman–Crippen MR) is 70.3 cm³/mol. The van der Waals surface area contributed by atoms with Crippen molar-refractivity contribution in [2.75, 3.05) is 31.7 Å². The van der Waals surface area contributed by atoms with Crippen molar-refractivity contribution in [3.05, 3.63) is 29.6 Å². The van der Waals surface area contributed by atoms with Crippen LogP contribution in [0.25, 0.3) is 0 Å². The Morgan fingerprint density at radius 2 is 2.42 bits per heavy atom. The lowest BCUT2D eigenvalue weighted by Crippen LogP contribution is -2.53. The van der Waals surface area contributed by atoms with Crippen LogP contribution in [0.2, 0.25) is 0 Å². The topological polar surface area (TPSA) is 67.6 Å². The van der Waals surface area contributed by atoms with Crippen LogP contribution in [0, 0.1) is 5.82 Å². The Labute approximate surface area is 111 Å². The molecule has 0 bridgehead atoms. The van der Waals surface area contributed by atoms with Gasteiger partial charge in [0.1, 0.15) is 11.9 Å². The van der Waals surface area contributed by atoms with Gasteiger partial charge in [-0.05, 0) is 17.7 Å². The number of likely N-dealkylation sites (N-methyl/N-ethyl adjacent to an activating group) is 1. The fourth-order valence-corrected chi connectivity index (χ4v) is 2.19. The molecule has 1 unspecified atom stereocenters. The van der Waals surface area contributed by atoms with Crippen LogP contribution in [0.5, 0.6) is 0 Å². The minimum atomic E-state index is -0.503. The highest BCUT2D eigenvalue weighted by Crippen LogP contribution is 2.24. The minimum absolute atomic E-state index is 0.179. The van der Waals surface area contributed by atoms with E-state index in [9.17, 15) is 9.18 Å². The number of nitrogens with one attached hydrogen (secondary N) is 1. The summed E-state index contributed by atoms with van der Waals surface area (Å²) in [5.74, 6) is -0.541. The molecule has 104 valence electrons. The Kier molecular flexibility index (Phi) is 4.34. The van der Waals surface area contributed by atoms with Gasteiger partial charge in [-0.2, -0.15) is 0 Å². The SMILES string of the molecule is CNC(=O)C1COCCN1c1ccc(CN)cc1F. The van der Waals surface area contributed by atoms with Gasteiger partial charge >= 0.3 is 0 Å². The van der Waals surface area contributed by atoms with Crippen LogP contribution in [0.15, 0.2) is 18.2 Å². The van der Waals surface area contributed by atoms with E-state index in [0.717, 1.165) is 5.56 Å². The zero-order valence-electron chi connectivity index (χ0n) is 10.9. The molecular weight excluding hydrogens is 249 g/mol. The van der Waals surface area contributed by atoms with E-state index in [0.29, 0.717) is 25.4 Å². The number of halogens is 1. The smallest absolute Gasteiger partial charge is 0.244 e. The molecule has 2 rings (SSSR count). The van der Waals surface area contributed by atoms with E-state index in [1.165, 1.54) is 6.07 Å². The molecule has 1 saturated heterocycles. The first kappa shape index (κ1) is 13.8. The van der Waals surface area contributed by atoms with Crippen molar-refractivity contribution in [3.8, 4) is 0 Å². The molecule has 1 aromatic carbocycles. The van der Waals surface area contributed by atoms with Crippen molar-refractivity contribution in [2.24, 2.45) is 5.73 Å². The van der Waals surface area contributed by atoms with Gasteiger partial charge < -0.3 is 20.7 Å². The van der Waals surface area contributed by atoms with Gasteiger partial charge in [0.15, 0.2) is 0 Å². The lowest BCUT2D eigenvalue weighted by atomic mass is 10.1. The Balaban J connectivity index is 2.29. The highest BCUT2D eigenvalue weighted by atomic mass is 19.1. The highest BCUT2D eigenvalue weighted by Gasteiger charge is 2.30. The second kappa shape index (κ2) is 5.99. The van der Waals surface area contributed by atoms with Crippen LogP contribution in [0.4, 0.5) is 10.1 Å². The van der Waals surface area contributed by atoms with Crippen molar-refractivity contribution in [1.29, 1.82) is 0 Å². The molecule has 1 heterocycles. The second-order valence-corrected chi connectivity index (χ2v) is 4.39. The molecular formula is C13H18FN3O2. The van der Waals surface area contributed by atoms with Crippen LogP contribution < -0.4 is 16.0 Å². The fourth-order valence-electron chi connectivity index (χ4n) is 2.19. The summed E-state index contributed by atoms with van der Waals surface area (Å²) < 4.78 is 19.4. The van der Waals surface area contributed by atoms with Gasteiger partial charge in [0.2, 0.25) is 5.91 Å². The van der Waals surface area contributed by atoms with Crippen molar-refractivity contribution in [3.63, 3.8) is 0 Å². The fraction of sp³-hybridized carbons (Fsp3) is 0.462. The molecule has 0 spiro atoms. The number of morpholine rings is 1. The number of ether oxygens (including phenoxy) is 1. The zero-order valence-corrected chi connectivity index (χ0v) is 10.9. The van der Waals surface area contributed by atoms with Crippen LogP contribution in [0.1, 0.15) is 5.56 Å². The van der Waals surface area contributed by atoms with Crippen molar-refractivity contribution < 1.29 is 13.9 Å². The van der Waals surface area contributed by atoms with Gasteiger partial charge in [0.05, 0.1) is 18.9 Å². The third kappa shape index (κ3) is 2.85. The average molecular weight is 267 g/mol. The largest absolute Gasteiger partial charge is 0.377 e. The average Bonchev–Trinajstić information content (AvgIpc) is 2.46. The van der Waals surface area contributed by atoms with Gasteiger partial charge in [0.25, 0.3) is 0 Å². The first-order valence-electron chi connectivity index (χ1n) is 6.22. The third-order valence-electron chi connectivity index (χ3n) is 3.23. The molecule has 1 atom stereocenters. The normalized spacial score (nSPS) is 19.3. The van der Waals surface area contributed by atoms with Crippen molar-refractivity contribution in [2.45, 2.75) is 12.6 Å². The van der Waals surface area contributed by atoms with Gasteiger partial charge in [-0.15, -0.1) is 0 Å². The van der Waals surface area contributed by atoms with Crippen LogP contribution in [-0.4, -0.2) is 38.8 Å². The van der Waals surface area contributed by atoms with Gasteiger partial charge in [-0.25, -0.2) is 4.39 Å². The number of carbonyl (C=O) groups is 1. The summed E-state index contributed by atoms with van der Waals surface area (Å²) in [4.78, 5) is 13.5. The maximum atomic E-state index is 14.1. The van der Waals surface area contributed by atoms with Crippen molar-refractivity contribution in [1.82, 2.24) is 5.32 Å². The number of nitrogens with zero attached hydrogens (tertiary/aromatic N) is 1. The number of nitrogens with two attached hydrogens (primary N) is 1. The summed E-state index contributed by atoms with van der Waals surface area (Å²) in [6.07, 6.45) is 0. The molecule has 19 heavy (non-hydrogen) atoms. The number of hydrogen-bond donors (Lipinski definition) is 2. The highest BCUT2D eigenvalue weighted by molar-refractivity contribution is 5.85. The monoisotopic (exact) mass is 267 g/mol. The number of carbonyl (C=O) groups excluding carboxylic acids is 1. The molecule has 0 saturated carbocycles. The maximum Gasteiger partial charge on any atom is 0.244 e. The van der Waals surface area contributed by atoms with E-state index in [2.05, 4.69) is 5.32 Å². The molecule has 0 radical (unpaired) electrons. The number of anilines is 1. The molecule has 1 aliphatic rings. The summed E-state index contributed by atoms with van der Waals surface area (Å²) in [6, 6.07) is 4.34. The molecule has 1 amide bonds. The number of hydrogen-bond acceptors (Lipinski definition) is 4. The Bertz CT molecular complexity index is 467. The number of amides is 1. The summed E-state index contributed by atoms with van der Waals surface area (Å²) in [7, 11) is 1.56. The number of benzene rings is 1. The quantitative estimate of drug-likeness (QED) is 0.823. The Morgan fingerprint density at radius 3 is 3.05 bits per heavy atom. The van der Waals surface area contributed by atoms with E-state index < -0.39 is 6.04 Å². The minimum Gasteiger partial charge on any atom is -0.377 e. The molecule has 1 fully saturated rings. The lowest BCUT2D eigenvalue weighted by Gasteiger charge is -2.36. The maximum absolute atomic E-state index is 14.1.